The summed E-state index contributed by atoms with van der Waals surface area (Å²) in [5, 5.41) is 22.3. The van der Waals surface area contributed by atoms with Crippen molar-refractivity contribution in [1.82, 2.24) is 20.1 Å². The maximum Gasteiger partial charge on any atom is 0.230 e. The third-order valence-electron chi connectivity index (χ3n) is 4.23. The number of aromatic nitrogens is 3. The van der Waals surface area contributed by atoms with Gasteiger partial charge in [0.25, 0.3) is 0 Å². The van der Waals surface area contributed by atoms with Gasteiger partial charge in [0.15, 0.2) is 5.16 Å². The molecule has 146 valence electrons. The minimum Gasteiger partial charge on any atom is -0.387 e. The first-order chi connectivity index (χ1) is 13.6. The van der Waals surface area contributed by atoms with Gasteiger partial charge in [-0.05, 0) is 35.7 Å². The van der Waals surface area contributed by atoms with Crippen LogP contribution in [0.2, 0.25) is 5.02 Å². The number of nitrogens with zero attached hydrogens (tertiary/aromatic N) is 3. The molecule has 8 heteroatoms. The van der Waals surface area contributed by atoms with Crippen LogP contribution in [0.3, 0.4) is 0 Å². The van der Waals surface area contributed by atoms with Crippen LogP contribution in [0.5, 0.6) is 0 Å². The summed E-state index contributed by atoms with van der Waals surface area (Å²) < 4.78 is 1.89. The average molecular weight is 417 g/mol. The molecule has 0 radical (unpaired) electrons. The number of nitrogens with one attached hydrogen (secondary N) is 1. The number of aliphatic hydroxyl groups is 1. The minimum atomic E-state index is -0.786. The predicted octanol–water partition coefficient (Wildman–Crippen LogP) is 3.43. The number of amides is 1. The molecule has 2 N–H and O–H groups in total. The maximum atomic E-state index is 12.2. The monoisotopic (exact) mass is 416 g/mol. The van der Waals surface area contributed by atoms with Crippen molar-refractivity contribution in [2.45, 2.75) is 24.6 Å². The van der Waals surface area contributed by atoms with Crippen molar-refractivity contribution in [2.24, 2.45) is 0 Å². The molecule has 28 heavy (non-hydrogen) atoms. The minimum absolute atomic E-state index is 0.131. The zero-order valence-electron chi connectivity index (χ0n) is 15.4. The molecule has 6 nitrogen and oxygen atoms in total. The molecule has 0 saturated carbocycles. The second kappa shape index (κ2) is 9.73. The van der Waals surface area contributed by atoms with Gasteiger partial charge in [-0.15, -0.1) is 10.2 Å². The molecule has 0 aliphatic heterocycles. The second-order valence-corrected chi connectivity index (χ2v) is 7.50. The lowest BCUT2D eigenvalue weighted by molar-refractivity contribution is -0.119. The van der Waals surface area contributed by atoms with E-state index in [4.69, 9.17) is 11.6 Å². The number of halogens is 1. The number of benzene rings is 2. The van der Waals surface area contributed by atoms with Gasteiger partial charge in [-0.1, -0.05) is 60.6 Å². The molecule has 0 saturated heterocycles. The summed E-state index contributed by atoms with van der Waals surface area (Å²) in [6.45, 7) is 2.22. The van der Waals surface area contributed by atoms with Crippen molar-refractivity contribution in [3.63, 3.8) is 0 Å². The van der Waals surface area contributed by atoms with Crippen LogP contribution in [0.15, 0.2) is 60.0 Å². The van der Waals surface area contributed by atoms with Crippen LogP contribution in [-0.2, 0) is 11.2 Å². The zero-order valence-corrected chi connectivity index (χ0v) is 17.0. The van der Waals surface area contributed by atoms with E-state index < -0.39 is 6.10 Å². The van der Waals surface area contributed by atoms with Crippen molar-refractivity contribution in [1.29, 1.82) is 0 Å². The van der Waals surface area contributed by atoms with Crippen LogP contribution < -0.4 is 5.32 Å². The highest BCUT2D eigenvalue weighted by Crippen LogP contribution is 2.22. The molecule has 1 unspecified atom stereocenters. The van der Waals surface area contributed by atoms with Crippen LogP contribution in [0.25, 0.3) is 5.69 Å². The Kier molecular flexibility index (Phi) is 7.08. The topological polar surface area (TPSA) is 80.0 Å². The molecule has 1 atom stereocenters. The Morgan fingerprint density at radius 3 is 2.75 bits per heavy atom. The van der Waals surface area contributed by atoms with Gasteiger partial charge in [-0.2, -0.15) is 0 Å². The van der Waals surface area contributed by atoms with Gasteiger partial charge in [0, 0.05) is 11.6 Å². The number of aryl methyl sites for hydroxylation is 1. The van der Waals surface area contributed by atoms with E-state index in [0.717, 1.165) is 12.1 Å². The van der Waals surface area contributed by atoms with E-state index >= 15 is 0 Å². The van der Waals surface area contributed by atoms with Gasteiger partial charge < -0.3 is 10.4 Å². The smallest absolute Gasteiger partial charge is 0.230 e. The molecule has 0 bridgehead atoms. The Hall–Kier alpha value is -2.35. The van der Waals surface area contributed by atoms with E-state index in [1.807, 2.05) is 22.8 Å². The van der Waals surface area contributed by atoms with Gasteiger partial charge >= 0.3 is 0 Å². The SMILES string of the molecule is CCc1ccccc1-n1cnnc1SCC(=O)NCC(O)c1ccc(Cl)cc1. The number of hydrogen-bond donors (Lipinski definition) is 2. The largest absolute Gasteiger partial charge is 0.387 e. The summed E-state index contributed by atoms with van der Waals surface area (Å²) in [5.41, 5.74) is 2.89. The predicted molar refractivity (Wildman–Crippen MR) is 111 cm³/mol. The molecule has 0 aliphatic rings. The number of carbonyl (C=O) groups is 1. The van der Waals surface area contributed by atoms with E-state index in [-0.39, 0.29) is 18.2 Å². The first-order valence-electron chi connectivity index (χ1n) is 8.89. The highest BCUT2D eigenvalue weighted by atomic mass is 35.5. The average Bonchev–Trinajstić information content (AvgIpc) is 3.19. The van der Waals surface area contributed by atoms with Gasteiger partial charge in [-0.25, -0.2) is 0 Å². The Morgan fingerprint density at radius 2 is 2.00 bits per heavy atom. The summed E-state index contributed by atoms with van der Waals surface area (Å²) in [6.07, 6.45) is 1.76. The van der Waals surface area contributed by atoms with Crippen LogP contribution in [0, 0.1) is 0 Å². The lowest BCUT2D eigenvalue weighted by Crippen LogP contribution is -2.29. The molecule has 3 aromatic rings. The third kappa shape index (κ3) is 5.13. The number of para-hydroxylation sites is 1. The van der Waals surface area contributed by atoms with Crippen LogP contribution in [0.1, 0.15) is 24.2 Å². The normalized spacial score (nSPS) is 12.0. The summed E-state index contributed by atoms with van der Waals surface area (Å²) in [6, 6.07) is 14.9. The zero-order chi connectivity index (χ0) is 19.9. The fourth-order valence-corrected chi connectivity index (χ4v) is 3.60. The summed E-state index contributed by atoms with van der Waals surface area (Å²) in [7, 11) is 0. The van der Waals surface area contributed by atoms with Crippen molar-refractivity contribution in [2.75, 3.05) is 12.3 Å². The first-order valence-corrected chi connectivity index (χ1v) is 10.3. The van der Waals surface area contributed by atoms with E-state index in [9.17, 15) is 9.90 Å². The van der Waals surface area contributed by atoms with Gasteiger partial charge in [0.2, 0.25) is 5.91 Å². The van der Waals surface area contributed by atoms with Gasteiger partial charge in [-0.3, -0.25) is 9.36 Å². The molecule has 0 fully saturated rings. The molecule has 1 aromatic heterocycles. The Balaban J connectivity index is 1.56. The second-order valence-electron chi connectivity index (χ2n) is 6.13. The lowest BCUT2D eigenvalue weighted by atomic mass is 10.1. The van der Waals surface area contributed by atoms with E-state index in [2.05, 4.69) is 28.5 Å². The highest BCUT2D eigenvalue weighted by Gasteiger charge is 2.13. The molecule has 0 spiro atoms. The van der Waals surface area contributed by atoms with Crippen molar-refractivity contribution >= 4 is 29.3 Å². The van der Waals surface area contributed by atoms with Crippen LogP contribution >= 0.6 is 23.4 Å². The number of hydrogen-bond acceptors (Lipinski definition) is 5. The first kappa shape index (κ1) is 20.4. The number of rotatable bonds is 8. The summed E-state index contributed by atoms with van der Waals surface area (Å²) in [5.74, 6) is -0.00307. The Morgan fingerprint density at radius 1 is 1.25 bits per heavy atom. The standard InChI is InChI=1S/C20H21ClN4O2S/c1-2-14-5-3-4-6-17(14)25-13-23-24-20(25)28-12-19(27)22-11-18(26)15-7-9-16(21)10-8-15/h3-10,13,18,26H,2,11-12H2,1H3,(H,22,27). The Bertz CT molecular complexity index is 930. The Labute approximate surface area is 172 Å². The van der Waals surface area contributed by atoms with E-state index in [1.165, 1.54) is 17.3 Å². The molecule has 3 rings (SSSR count). The van der Waals surface area contributed by atoms with E-state index in [0.29, 0.717) is 15.7 Å². The summed E-state index contributed by atoms with van der Waals surface area (Å²) >= 11 is 7.15. The molecule has 0 aliphatic carbocycles. The van der Waals surface area contributed by atoms with Crippen molar-refractivity contribution in [3.05, 3.63) is 71.0 Å². The fourth-order valence-electron chi connectivity index (χ4n) is 2.73. The third-order valence-corrected chi connectivity index (χ3v) is 5.42. The quantitative estimate of drug-likeness (QED) is 0.550. The fraction of sp³-hybridized carbons (Fsp3) is 0.250. The number of thioether (sulfide) groups is 1. The van der Waals surface area contributed by atoms with Gasteiger partial charge in [0.1, 0.15) is 6.33 Å². The molecular formula is C20H21ClN4O2S. The summed E-state index contributed by atoms with van der Waals surface area (Å²) in [4.78, 5) is 12.2. The maximum absolute atomic E-state index is 12.2. The molecular weight excluding hydrogens is 396 g/mol. The van der Waals surface area contributed by atoms with Crippen LogP contribution in [-0.4, -0.2) is 38.1 Å². The number of carbonyl (C=O) groups excluding carboxylic acids is 1. The lowest BCUT2D eigenvalue weighted by Gasteiger charge is -2.13. The molecule has 1 amide bonds. The van der Waals surface area contributed by atoms with E-state index in [1.54, 1.807) is 30.6 Å². The highest BCUT2D eigenvalue weighted by molar-refractivity contribution is 7.99. The van der Waals surface area contributed by atoms with Gasteiger partial charge in [0.05, 0.1) is 17.5 Å². The molecule has 2 aromatic carbocycles. The molecule has 1 heterocycles. The van der Waals surface area contributed by atoms with Crippen molar-refractivity contribution in [3.8, 4) is 5.69 Å². The number of aliphatic hydroxyl groups excluding tert-OH is 1. The van der Waals surface area contributed by atoms with Crippen LogP contribution in [0.4, 0.5) is 0 Å². The van der Waals surface area contributed by atoms with Crippen molar-refractivity contribution < 1.29 is 9.90 Å².